The van der Waals surface area contributed by atoms with Gasteiger partial charge < -0.3 is 19.7 Å². The molecule has 0 aromatic heterocycles. The summed E-state index contributed by atoms with van der Waals surface area (Å²) < 4.78 is 24.0. The molecule has 1 fully saturated rings. The molecule has 2 aromatic carbocycles. The highest BCUT2D eigenvalue weighted by Crippen LogP contribution is 2.37. The van der Waals surface area contributed by atoms with Gasteiger partial charge in [0.15, 0.2) is 17.3 Å². The van der Waals surface area contributed by atoms with E-state index >= 15 is 0 Å². The van der Waals surface area contributed by atoms with Gasteiger partial charge in [0.1, 0.15) is 5.82 Å². The van der Waals surface area contributed by atoms with Crippen molar-refractivity contribution in [2.45, 2.75) is 13.3 Å². The van der Waals surface area contributed by atoms with Crippen LogP contribution in [0.25, 0.3) is 0 Å². The van der Waals surface area contributed by atoms with Crippen molar-refractivity contribution < 1.29 is 28.2 Å². The summed E-state index contributed by atoms with van der Waals surface area (Å²) in [6, 6.07) is 9.20. The van der Waals surface area contributed by atoms with E-state index in [4.69, 9.17) is 9.47 Å². The van der Waals surface area contributed by atoms with Crippen molar-refractivity contribution in [3.63, 3.8) is 0 Å². The smallest absolute Gasteiger partial charge is 0.238 e. The van der Waals surface area contributed by atoms with Crippen molar-refractivity contribution in [2.24, 2.45) is 0 Å². The quantitative estimate of drug-likeness (QED) is 0.691. The molecule has 0 spiro atoms. The number of nitrogens with one attached hydrogen (secondary N) is 1. The molecule has 0 atom stereocenters. The minimum absolute atomic E-state index is 0.0637. The highest BCUT2D eigenvalue weighted by atomic mass is 19.1. The van der Waals surface area contributed by atoms with Gasteiger partial charge in [-0.2, -0.15) is 0 Å². The number of nitrogens with zero attached hydrogens (tertiary/aromatic N) is 2. The van der Waals surface area contributed by atoms with E-state index in [0.29, 0.717) is 54.5 Å². The zero-order valence-corrected chi connectivity index (χ0v) is 17.7. The summed E-state index contributed by atoms with van der Waals surface area (Å²) in [7, 11) is 0. The van der Waals surface area contributed by atoms with Gasteiger partial charge in [0.25, 0.3) is 0 Å². The van der Waals surface area contributed by atoms with E-state index in [1.165, 1.54) is 19.1 Å². The molecule has 8 nitrogen and oxygen atoms in total. The Morgan fingerprint density at radius 1 is 1.03 bits per heavy atom. The average molecular weight is 441 g/mol. The first-order chi connectivity index (χ1) is 15.4. The molecule has 0 unspecified atom stereocenters. The molecule has 0 aliphatic carbocycles. The monoisotopic (exact) mass is 441 g/mol. The van der Waals surface area contributed by atoms with Crippen LogP contribution < -0.4 is 14.8 Å². The van der Waals surface area contributed by atoms with Crippen molar-refractivity contribution >= 4 is 23.3 Å². The molecule has 2 aliphatic heterocycles. The van der Waals surface area contributed by atoms with Gasteiger partial charge in [-0.1, -0.05) is 12.1 Å². The van der Waals surface area contributed by atoms with Crippen LogP contribution in [0.3, 0.4) is 0 Å². The van der Waals surface area contributed by atoms with E-state index in [1.54, 1.807) is 29.2 Å². The fourth-order valence-corrected chi connectivity index (χ4v) is 3.82. The zero-order valence-electron chi connectivity index (χ0n) is 17.7. The number of carbonyl (C=O) groups excluding carboxylic acids is 3. The molecule has 0 saturated carbocycles. The predicted molar refractivity (Wildman–Crippen MR) is 114 cm³/mol. The molecule has 2 heterocycles. The van der Waals surface area contributed by atoms with Gasteiger partial charge in [-0.3, -0.25) is 19.3 Å². The Bertz CT molecular complexity index is 1050. The van der Waals surface area contributed by atoms with Gasteiger partial charge in [-0.05, 0) is 30.7 Å². The van der Waals surface area contributed by atoms with Crippen LogP contribution in [0.2, 0.25) is 0 Å². The first-order valence-electron chi connectivity index (χ1n) is 10.4. The van der Waals surface area contributed by atoms with Crippen molar-refractivity contribution in [3.8, 4) is 11.5 Å². The van der Waals surface area contributed by atoms with Crippen LogP contribution in [0.1, 0.15) is 22.8 Å². The number of amides is 2. The maximum Gasteiger partial charge on any atom is 0.238 e. The molecule has 1 N–H and O–H groups in total. The van der Waals surface area contributed by atoms with E-state index in [2.05, 4.69) is 5.32 Å². The largest absolute Gasteiger partial charge is 0.454 e. The van der Waals surface area contributed by atoms with Gasteiger partial charge in [-0.15, -0.1) is 0 Å². The van der Waals surface area contributed by atoms with Crippen molar-refractivity contribution in [3.05, 3.63) is 53.3 Å². The summed E-state index contributed by atoms with van der Waals surface area (Å²) in [5.74, 6) is 0.0885. The minimum atomic E-state index is -0.360. The van der Waals surface area contributed by atoms with Crippen LogP contribution in [-0.4, -0.2) is 66.9 Å². The third kappa shape index (κ3) is 5.05. The number of fused-ring (bicyclic) bond motifs is 1. The number of rotatable bonds is 6. The number of ketones is 1. The van der Waals surface area contributed by atoms with Gasteiger partial charge >= 0.3 is 0 Å². The summed E-state index contributed by atoms with van der Waals surface area (Å²) in [4.78, 5) is 40.7. The molecule has 168 valence electrons. The van der Waals surface area contributed by atoms with E-state index in [1.807, 2.05) is 4.90 Å². The second-order valence-electron chi connectivity index (χ2n) is 7.82. The van der Waals surface area contributed by atoms with Crippen LogP contribution in [0.4, 0.5) is 10.1 Å². The number of anilines is 1. The van der Waals surface area contributed by atoms with E-state index in [9.17, 15) is 18.8 Å². The van der Waals surface area contributed by atoms with E-state index in [0.717, 1.165) is 0 Å². The Kier molecular flexibility index (Phi) is 6.36. The highest BCUT2D eigenvalue weighted by Gasteiger charge is 2.24. The SMILES string of the molecule is CC(=O)c1cc2c(cc1NC(=O)CN1CCN(C(=O)Cc3cccc(F)c3)CC1)OCO2. The molecule has 0 bridgehead atoms. The summed E-state index contributed by atoms with van der Waals surface area (Å²) in [6.45, 7) is 3.71. The summed E-state index contributed by atoms with van der Waals surface area (Å²) >= 11 is 0. The molecular weight excluding hydrogens is 417 g/mol. The number of hydrogen-bond donors (Lipinski definition) is 1. The van der Waals surface area contributed by atoms with Gasteiger partial charge in [0.2, 0.25) is 18.6 Å². The molecule has 4 rings (SSSR count). The average Bonchev–Trinajstić information content (AvgIpc) is 3.21. The molecule has 2 aromatic rings. The molecule has 2 amide bonds. The fraction of sp³-hybridized carbons (Fsp3) is 0.348. The summed E-state index contributed by atoms with van der Waals surface area (Å²) in [5, 5.41) is 2.79. The second kappa shape index (κ2) is 9.35. The molecule has 32 heavy (non-hydrogen) atoms. The Morgan fingerprint density at radius 2 is 1.75 bits per heavy atom. The number of hydrogen-bond acceptors (Lipinski definition) is 6. The summed E-state index contributed by atoms with van der Waals surface area (Å²) in [6.07, 6.45) is 0.149. The number of carbonyl (C=O) groups is 3. The molecule has 9 heteroatoms. The lowest BCUT2D eigenvalue weighted by molar-refractivity contribution is -0.132. The van der Waals surface area contributed by atoms with Gasteiger partial charge in [0, 0.05) is 37.8 Å². The van der Waals surface area contributed by atoms with E-state index < -0.39 is 0 Å². The lowest BCUT2D eigenvalue weighted by Crippen LogP contribution is -2.50. The van der Waals surface area contributed by atoms with Crippen molar-refractivity contribution in [2.75, 3.05) is 44.8 Å². The maximum atomic E-state index is 13.3. The Hall–Kier alpha value is -3.46. The topological polar surface area (TPSA) is 88.2 Å². The highest BCUT2D eigenvalue weighted by molar-refractivity contribution is 6.05. The second-order valence-corrected chi connectivity index (χ2v) is 7.82. The standard InChI is InChI=1S/C23H24FN3O5/c1-15(28)18-11-20-21(32-14-31-20)12-19(18)25-22(29)13-26-5-7-27(8-6-26)23(30)10-16-3-2-4-17(24)9-16/h2-4,9,11-12H,5-8,10,13-14H2,1H3,(H,25,29). The van der Waals surface area contributed by atoms with Crippen LogP contribution in [0.15, 0.2) is 36.4 Å². The van der Waals surface area contributed by atoms with E-state index in [-0.39, 0.29) is 43.2 Å². The number of ether oxygens (including phenoxy) is 2. The van der Waals surface area contributed by atoms with Crippen LogP contribution in [0, 0.1) is 5.82 Å². The molecular formula is C23H24FN3O5. The van der Waals surface area contributed by atoms with Crippen molar-refractivity contribution in [1.29, 1.82) is 0 Å². The number of piperazine rings is 1. The maximum absolute atomic E-state index is 13.3. The fourth-order valence-electron chi connectivity index (χ4n) is 3.82. The van der Waals surface area contributed by atoms with Crippen LogP contribution >= 0.6 is 0 Å². The first kappa shape index (κ1) is 21.8. The first-order valence-corrected chi connectivity index (χ1v) is 10.4. The third-order valence-electron chi connectivity index (χ3n) is 5.50. The molecule has 0 radical (unpaired) electrons. The normalized spacial score (nSPS) is 15.5. The number of benzene rings is 2. The van der Waals surface area contributed by atoms with Crippen LogP contribution in [0.5, 0.6) is 11.5 Å². The predicted octanol–water partition coefficient (Wildman–Crippen LogP) is 2.08. The number of halogens is 1. The van der Waals surface area contributed by atoms with Crippen LogP contribution in [-0.2, 0) is 16.0 Å². The van der Waals surface area contributed by atoms with Crippen molar-refractivity contribution in [1.82, 2.24) is 9.80 Å². The van der Waals surface area contributed by atoms with Gasteiger partial charge in [-0.25, -0.2) is 4.39 Å². The minimum Gasteiger partial charge on any atom is -0.454 e. The number of Topliss-reactive ketones (excluding diaryl/α,β-unsaturated/α-hetero) is 1. The zero-order chi connectivity index (χ0) is 22.7. The Balaban J connectivity index is 1.29. The molecule has 2 aliphatic rings. The molecule has 1 saturated heterocycles. The third-order valence-corrected chi connectivity index (χ3v) is 5.50. The lowest BCUT2D eigenvalue weighted by Gasteiger charge is -2.34. The Labute approximate surface area is 184 Å². The summed E-state index contributed by atoms with van der Waals surface area (Å²) in [5.41, 5.74) is 1.38. The van der Waals surface area contributed by atoms with Gasteiger partial charge in [0.05, 0.1) is 18.7 Å². The lowest BCUT2D eigenvalue weighted by atomic mass is 10.1. The Morgan fingerprint density at radius 3 is 2.44 bits per heavy atom.